The minimum atomic E-state index is -4.88. The number of ether oxygens (including phenoxy) is 1. The third-order valence-corrected chi connectivity index (χ3v) is 4.11. The zero-order valence-electron chi connectivity index (χ0n) is 12.9. The van der Waals surface area contributed by atoms with E-state index in [2.05, 4.69) is 10.8 Å². The van der Waals surface area contributed by atoms with Crippen molar-refractivity contribution in [1.29, 1.82) is 0 Å². The Balaban J connectivity index is 1.97. The second kappa shape index (κ2) is 7.66. The Hall–Kier alpha value is -1.78. The molecular weight excluding hydrogens is 308 g/mol. The van der Waals surface area contributed by atoms with Gasteiger partial charge in [-0.05, 0) is 62.1 Å². The van der Waals surface area contributed by atoms with Crippen molar-refractivity contribution in [1.82, 2.24) is 0 Å². The zero-order valence-corrected chi connectivity index (χ0v) is 12.9. The number of rotatable bonds is 4. The average Bonchev–Trinajstić information content (AvgIpc) is 2.49. The molecule has 1 aliphatic carbocycles. The van der Waals surface area contributed by atoms with Crippen LogP contribution in [0.5, 0.6) is 5.75 Å². The number of benzene rings is 1. The number of alkyl halides is 3. The maximum atomic E-state index is 13.8. The van der Waals surface area contributed by atoms with E-state index in [-0.39, 0.29) is 5.92 Å². The summed E-state index contributed by atoms with van der Waals surface area (Å²) < 4.78 is 53.9. The molecule has 1 nitrogen and oxygen atoms in total. The molecule has 0 radical (unpaired) electrons. The van der Waals surface area contributed by atoms with Crippen LogP contribution in [0.3, 0.4) is 0 Å². The van der Waals surface area contributed by atoms with Crippen molar-refractivity contribution in [3.05, 3.63) is 53.9 Å². The van der Waals surface area contributed by atoms with E-state index in [1.807, 2.05) is 25.2 Å². The molecule has 1 aliphatic rings. The van der Waals surface area contributed by atoms with Crippen LogP contribution in [0.25, 0.3) is 0 Å². The van der Waals surface area contributed by atoms with E-state index in [9.17, 15) is 17.6 Å². The first kappa shape index (κ1) is 17.6. The van der Waals surface area contributed by atoms with Crippen molar-refractivity contribution < 1.29 is 22.3 Å². The molecule has 0 heterocycles. The van der Waals surface area contributed by atoms with Crippen molar-refractivity contribution in [3.63, 3.8) is 0 Å². The molecule has 0 spiro atoms. The highest BCUT2D eigenvalue weighted by atomic mass is 19.4. The van der Waals surface area contributed by atoms with Gasteiger partial charge in [-0.15, -0.1) is 13.2 Å². The molecule has 23 heavy (non-hydrogen) atoms. The average molecular weight is 328 g/mol. The normalized spacial score (nSPS) is 22.8. The van der Waals surface area contributed by atoms with Gasteiger partial charge in [0.2, 0.25) is 0 Å². The van der Waals surface area contributed by atoms with E-state index in [1.54, 1.807) is 0 Å². The van der Waals surface area contributed by atoms with Crippen LogP contribution in [0.15, 0.2) is 42.5 Å². The molecular formula is C18H20F4O. The predicted molar refractivity (Wildman–Crippen MR) is 81.7 cm³/mol. The van der Waals surface area contributed by atoms with E-state index >= 15 is 0 Å². The minimum absolute atomic E-state index is 0.191. The van der Waals surface area contributed by atoms with Crippen LogP contribution in [-0.2, 0) is 0 Å². The molecule has 0 aliphatic heterocycles. The van der Waals surface area contributed by atoms with Gasteiger partial charge in [0.15, 0.2) is 11.6 Å². The molecule has 1 fully saturated rings. The monoisotopic (exact) mass is 328 g/mol. The first-order valence-corrected chi connectivity index (χ1v) is 7.73. The summed E-state index contributed by atoms with van der Waals surface area (Å²) in [4.78, 5) is 0. The number of halogens is 4. The highest BCUT2D eigenvalue weighted by molar-refractivity contribution is 5.31. The summed E-state index contributed by atoms with van der Waals surface area (Å²) in [6.45, 7) is 1.96. The van der Waals surface area contributed by atoms with E-state index < -0.39 is 17.9 Å². The third-order valence-electron chi connectivity index (χ3n) is 4.11. The number of hydrogen-bond donors (Lipinski definition) is 0. The van der Waals surface area contributed by atoms with Crippen molar-refractivity contribution in [2.45, 2.75) is 44.9 Å². The van der Waals surface area contributed by atoms with Crippen LogP contribution in [0.1, 0.15) is 44.1 Å². The lowest BCUT2D eigenvalue weighted by Gasteiger charge is -2.27. The Bertz CT molecular complexity index is 567. The Labute approximate surface area is 133 Å². The molecule has 0 aromatic heterocycles. The fraction of sp³-hybridized carbons (Fsp3) is 0.444. The number of allylic oxidation sites excluding steroid dienone is 4. The molecule has 0 atom stereocenters. The van der Waals surface area contributed by atoms with Gasteiger partial charge in [0.1, 0.15) is 0 Å². The summed E-state index contributed by atoms with van der Waals surface area (Å²) in [6.07, 6.45) is 7.11. The maximum absolute atomic E-state index is 13.8. The van der Waals surface area contributed by atoms with Crippen LogP contribution >= 0.6 is 0 Å². The molecule has 0 amide bonds. The van der Waals surface area contributed by atoms with Gasteiger partial charge >= 0.3 is 6.36 Å². The zero-order chi connectivity index (χ0) is 16.9. The predicted octanol–water partition coefficient (Wildman–Crippen LogP) is 6.13. The summed E-state index contributed by atoms with van der Waals surface area (Å²) >= 11 is 0. The molecule has 1 aromatic rings. The molecule has 0 N–H and O–H groups in total. The van der Waals surface area contributed by atoms with Gasteiger partial charge in [0.25, 0.3) is 0 Å². The lowest BCUT2D eigenvalue weighted by atomic mass is 9.78. The summed E-state index contributed by atoms with van der Waals surface area (Å²) in [5.74, 6) is -1.03. The second-order valence-electron chi connectivity index (χ2n) is 5.76. The van der Waals surface area contributed by atoms with Crippen LogP contribution in [0.2, 0.25) is 0 Å². The molecule has 1 aromatic carbocycles. The van der Waals surface area contributed by atoms with Gasteiger partial charge in [-0.25, -0.2) is 4.39 Å². The molecule has 0 bridgehead atoms. The quantitative estimate of drug-likeness (QED) is 0.477. The van der Waals surface area contributed by atoms with E-state index in [0.717, 1.165) is 37.3 Å². The molecule has 0 unspecified atom stereocenters. The largest absolute Gasteiger partial charge is 0.573 e. The van der Waals surface area contributed by atoms with Crippen molar-refractivity contribution in [2.24, 2.45) is 5.92 Å². The van der Waals surface area contributed by atoms with Crippen molar-refractivity contribution in [3.8, 4) is 5.75 Å². The van der Waals surface area contributed by atoms with Crippen LogP contribution in [-0.4, -0.2) is 6.36 Å². The van der Waals surface area contributed by atoms with Gasteiger partial charge in [0, 0.05) is 0 Å². The Kier molecular flexibility index (Phi) is 5.85. The highest BCUT2D eigenvalue weighted by Crippen LogP contribution is 2.38. The van der Waals surface area contributed by atoms with Crippen molar-refractivity contribution in [2.75, 3.05) is 0 Å². The molecule has 5 heteroatoms. The van der Waals surface area contributed by atoms with Gasteiger partial charge in [-0.3, -0.25) is 0 Å². The molecule has 0 saturated heterocycles. The van der Waals surface area contributed by atoms with Gasteiger partial charge in [0.05, 0.1) is 0 Å². The van der Waals surface area contributed by atoms with Gasteiger partial charge in [-0.1, -0.05) is 30.4 Å². The lowest BCUT2D eigenvalue weighted by molar-refractivity contribution is -0.275. The smallest absolute Gasteiger partial charge is 0.403 e. The van der Waals surface area contributed by atoms with E-state index in [1.165, 1.54) is 12.1 Å². The van der Waals surface area contributed by atoms with Crippen LogP contribution < -0.4 is 4.74 Å². The standard InChI is InChI=1S/C18H20F4O/c1-2-3-4-5-13-6-8-14(9-7-13)15-10-11-17(16(19)12-15)23-18(20,21)22/h2-5,10-14H,6-9H2,1H3. The lowest BCUT2D eigenvalue weighted by Crippen LogP contribution is -2.18. The van der Waals surface area contributed by atoms with Gasteiger partial charge < -0.3 is 4.74 Å². The Morgan fingerprint density at radius 3 is 2.35 bits per heavy atom. The fourth-order valence-electron chi connectivity index (χ4n) is 2.96. The van der Waals surface area contributed by atoms with E-state index in [0.29, 0.717) is 5.92 Å². The summed E-state index contributed by atoms with van der Waals surface area (Å²) in [6, 6.07) is 3.77. The summed E-state index contributed by atoms with van der Waals surface area (Å²) in [5, 5.41) is 0. The molecule has 2 rings (SSSR count). The Morgan fingerprint density at radius 2 is 1.78 bits per heavy atom. The first-order chi connectivity index (χ1) is 10.9. The molecule has 126 valence electrons. The maximum Gasteiger partial charge on any atom is 0.573 e. The topological polar surface area (TPSA) is 9.23 Å². The third kappa shape index (κ3) is 5.41. The van der Waals surface area contributed by atoms with Crippen LogP contribution in [0, 0.1) is 11.7 Å². The minimum Gasteiger partial charge on any atom is -0.403 e. The SMILES string of the molecule is CC=CC=CC1CCC(c2ccc(OC(F)(F)F)c(F)c2)CC1. The van der Waals surface area contributed by atoms with Crippen molar-refractivity contribution >= 4 is 0 Å². The highest BCUT2D eigenvalue weighted by Gasteiger charge is 2.32. The van der Waals surface area contributed by atoms with E-state index in [4.69, 9.17) is 0 Å². The summed E-state index contributed by atoms with van der Waals surface area (Å²) in [7, 11) is 0. The van der Waals surface area contributed by atoms with Crippen LogP contribution in [0.4, 0.5) is 17.6 Å². The fourth-order valence-corrected chi connectivity index (χ4v) is 2.96. The Morgan fingerprint density at radius 1 is 1.09 bits per heavy atom. The van der Waals surface area contributed by atoms with Gasteiger partial charge in [-0.2, -0.15) is 0 Å². The number of hydrogen-bond acceptors (Lipinski definition) is 1. The summed E-state index contributed by atoms with van der Waals surface area (Å²) in [5.41, 5.74) is 0.743. The molecule has 1 saturated carbocycles. The first-order valence-electron chi connectivity index (χ1n) is 7.73. The second-order valence-corrected chi connectivity index (χ2v) is 5.76.